The van der Waals surface area contributed by atoms with Crippen LogP contribution in [0.4, 0.5) is 23.1 Å². The molecular formula is C20H25N7. The number of hydrogen-bond donors (Lipinski definition) is 3. The van der Waals surface area contributed by atoms with Crippen molar-refractivity contribution in [3.05, 3.63) is 35.0 Å². The number of aromatic nitrogens is 2. The predicted molar refractivity (Wildman–Crippen MR) is 107 cm³/mol. The van der Waals surface area contributed by atoms with E-state index in [-0.39, 0.29) is 0 Å². The fourth-order valence-corrected chi connectivity index (χ4v) is 4.05. The van der Waals surface area contributed by atoms with Crippen molar-refractivity contribution in [2.75, 3.05) is 36.1 Å². The molecule has 1 aliphatic carbocycles. The molecule has 1 unspecified atom stereocenters. The van der Waals surface area contributed by atoms with Gasteiger partial charge in [-0.05, 0) is 57.4 Å². The number of piperidine rings is 1. The Morgan fingerprint density at radius 2 is 2.11 bits per heavy atom. The Bertz CT molecular complexity index is 887. The molecule has 1 fully saturated rings. The lowest BCUT2D eigenvalue weighted by Crippen LogP contribution is -2.45. The lowest BCUT2D eigenvalue weighted by Gasteiger charge is -2.34. The number of anilines is 4. The molecule has 0 bridgehead atoms. The summed E-state index contributed by atoms with van der Waals surface area (Å²) in [5.74, 6) is 1.64. The van der Waals surface area contributed by atoms with E-state index in [9.17, 15) is 0 Å². The Balaban J connectivity index is 1.67. The van der Waals surface area contributed by atoms with Crippen LogP contribution in [-0.4, -0.2) is 36.1 Å². The summed E-state index contributed by atoms with van der Waals surface area (Å²) in [6.07, 6.45) is 5.52. The first-order valence-corrected chi connectivity index (χ1v) is 9.56. The maximum Gasteiger partial charge on any atom is 0.229 e. The zero-order valence-corrected chi connectivity index (χ0v) is 15.6. The molecule has 7 heteroatoms. The molecular weight excluding hydrogens is 338 g/mol. The van der Waals surface area contributed by atoms with E-state index >= 15 is 0 Å². The summed E-state index contributed by atoms with van der Waals surface area (Å²) in [6.45, 7) is 1.99. The number of nitrogen functional groups attached to an aromatic ring is 1. The van der Waals surface area contributed by atoms with E-state index in [1.54, 1.807) is 18.2 Å². The summed E-state index contributed by atoms with van der Waals surface area (Å²) >= 11 is 0. The highest BCUT2D eigenvalue weighted by atomic mass is 15.3. The summed E-state index contributed by atoms with van der Waals surface area (Å²) in [5.41, 5.74) is 10.1. The van der Waals surface area contributed by atoms with Crippen LogP contribution in [0.2, 0.25) is 0 Å². The van der Waals surface area contributed by atoms with Crippen molar-refractivity contribution in [3.63, 3.8) is 0 Å². The van der Waals surface area contributed by atoms with Crippen molar-refractivity contribution < 1.29 is 0 Å². The zero-order chi connectivity index (χ0) is 18.8. The molecule has 0 saturated carbocycles. The van der Waals surface area contributed by atoms with Gasteiger partial charge in [-0.25, -0.2) is 4.98 Å². The van der Waals surface area contributed by atoms with Gasteiger partial charge in [-0.3, -0.25) is 0 Å². The molecule has 2 heterocycles. The average Bonchev–Trinajstić information content (AvgIpc) is 3.15. The van der Waals surface area contributed by atoms with Crippen molar-refractivity contribution in [1.29, 1.82) is 5.26 Å². The van der Waals surface area contributed by atoms with Gasteiger partial charge in [-0.1, -0.05) is 0 Å². The van der Waals surface area contributed by atoms with Crippen molar-refractivity contribution in [2.24, 2.45) is 0 Å². The molecule has 0 amide bonds. The molecule has 2 aliphatic rings. The van der Waals surface area contributed by atoms with Gasteiger partial charge in [0.25, 0.3) is 0 Å². The van der Waals surface area contributed by atoms with Crippen molar-refractivity contribution in [3.8, 4) is 6.07 Å². The first-order valence-electron chi connectivity index (χ1n) is 9.56. The number of likely N-dealkylation sites (N-methyl/N-ethyl adjacent to an activating group) is 1. The Hall–Kier alpha value is -2.85. The molecule has 27 heavy (non-hydrogen) atoms. The molecule has 1 saturated heterocycles. The van der Waals surface area contributed by atoms with Gasteiger partial charge in [-0.2, -0.15) is 10.2 Å². The molecule has 4 rings (SSSR count). The minimum Gasteiger partial charge on any atom is -0.399 e. The molecule has 1 aromatic heterocycles. The van der Waals surface area contributed by atoms with Crippen molar-refractivity contribution in [2.45, 2.75) is 38.1 Å². The van der Waals surface area contributed by atoms with Gasteiger partial charge in [0.15, 0.2) is 0 Å². The van der Waals surface area contributed by atoms with Crippen LogP contribution in [0.3, 0.4) is 0 Å². The van der Waals surface area contributed by atoms with E-state index in [1.165, 1.54) is 12.0 Å². The van der Waals surface area contributed by atoms with Gasteiger partial charge in [0.05, 0.1) is 17.3 Å². The SMILES string of the molecule is CNC1CCCN(c2nc(Nc3cc(N)cc(C#N)c3)nc3c2CCC3)C1. The standard InChI is InChI=1S/C20H25N7/c1-23-15-4-3-7-27(12-15)19-17-5-2-6-18(17)25-20(26-19)24-16-9-13(11-21)8-14(22)10-16/h8-10,15,23H,2-7,12,22H2,1H3,(H,24,25,26). The second kappa shape index (κ2) is 7.41. The fraction of sp³-hybridized carbons (Fsp3) is 0.450. The Morgan fingerprint density at radius 1 is 1.22 bits per heavy atom. The summed E-state index contributed by atoms with van der Waals surface area (Å²) in [5, 5.41) is 15.8. The molecule has 1 aromatic carbocycles. The van der Waals surface area contributed by atoms with Gasteiger partial charge in [0.2, 0.25) is 5.95 Å². The maximum absolute atomic E-state index is 9.16. The molecule has 0 radical (unpaired) electrons. The van der Waals surface area contributed by atoms with Gasteiger partial charge in [0.1, 0.15) is 5.82 Å². The number of nitrogens with one attached hydrogen (secondary N) is 2. The zero-order valence-electron chi connectivity index (χ0n) is 15.6. The van der Waals surface area contributed by atoms with Crippen LogP contribution in [0.25, 0.3) is 0 Å². The average molecular weight is 363 g/mol. The molecule has 0 spiro atoms. The molecule has 7 nitrogen and oxygen atoms in total. The van der Waals surface area contributed by atoms with Crippen molar-refractivity contribution in [1.82, 2.24) is 15.3 Å². The maximum atomic E-state index is 9.16. The third-order valence-electron chi connectivity index (χ3n) is 5.38. The summed E-state index contributed by atoms with van der Waals surface area (Å²) in [4.78, 5) is 12.0. The highest BCUT2D eigenvalue weighted by Gasteiger charge is 2.26. The summed E-state index contributed by atoms with van der Waals surface area (Å²) < 4.78 is 0. The van der Waals surface area contributed by atoms with E-state index in [0.717, 1.165) is 56.0 Å². The highest BCUT2D eigenvalue weighted by Crippen LogP contribution is 2.32. The monoisotopic (exact) mass is 363 g/mol. The highest BCUT2D eigenvalue weighted by molar-refractivity contribution is 5.65. The topological polar surface area (TPSA) is 103 Å². The molecule has 2 aromatic rings. The quantitative estimate of drug-likeness (QED) is 0.717. The van der Waals surface area contributed by atoms with Crippen LogP contribution in [-0.2, 0) is 12.8 Å². The smallest absolute Gasteiger partial charge is 0.229 e. The second-order valence-corrected chi connectivity index (χ2v) is 7.30. The largest absolute Gasteiger partial charge is 0.399 e. The Kier molecular flexibility index (Phi) is 4.82. The molecule has 1 aliphatic heterocycles. The molecule has 4 N–H and O–H groups in total. The molecule has 140 valence electrons. The Morgan fingerprint density at radius 3 is 2.93 bits per heavy atom. The normalized spacial score (nSPS) is 18.8. The Labute approximate surface area is 159 Å². The van der Waals surface area contributed by atoms with Crippen molar-refractivity contribution >= 4 is 23.1 Å². The number of benzene rings is 1. The van der Waals surface area contributed by atoms with Crippen LogP contribution in [0.5, 0.6) is 0 Å². The first-order chi connectivity index (χ1) is 13.2. The van der Waals surface area contributed by atoms with E-state index in [2.05, 4.69) is 21.6 Å². The second-order valence-electron chi connectivity index (χ2n) is 7.30. The summed E-state index contributed by atoms with van der Waals surface area (Å²) in [6, 6.07) is 7.86. The number of nitriles is 1. The minimum atomic E-state index is 0.495. The number of nitrogens with zero attached hydrogens (tertiary/aromatic N) is 4. The van der Waals surface area contributed by atoms with E-state index in [0.29, 0.717) is 23.2 Å². The third-order valence-corrected chi connectivity index (χ3v) is 5.38. The van der Waals surface area contributed by atoms with E-state index < -0.39 is 0 Å². The van der Waals surface area contributed by atoms with Gasteiger partial charge >= 0.3 is 0 Å². The summed E-state index contributed by atoms with van der Waals surface area (Å²) in [7, 11) is 2.03. The van der Waals surface area contributed by atoms with Gasteiger partial charge < -0.3 is 21.3 Å². The van der Waals surface area contributed by atoms with Crippen LogP contribution in [0.1, 0.15) is 36.1 Å². The van der Waals surface area contributed by atoms with Crippen LogP contribution >= 0.6 is 0 Å². The number of rotatable bonds is 4. The predicted octanol–water partition coefficient (Wildman–Crippen LogP) is 2.35. The number of nitrogens with two attached hydrogens (primary N) is 1. The lowest BCUT2D eigenvalue weighted by atomic mass is 10.1. The fourth-order valence-electron chi connectivity index (χ4n) is 4.05. The first kappa shape index (κ1) is 17.6. The van der Waals surface area contributed by atoms with Crippen LogP contribution in [0.15, 0.2) is 18.2 Å². The van der Waals surface area contributed by atoms with E-state index in [1.807, 2.05) is 7.05 Å². The lowest BCUT2D eigenvalue weighted by molar-refractivity contribution is 0.447. The number of hydrogen-bond acceptors (Lipinski definition) is 7. The van der Waals surface area contributed by atoms with Crippen LogP contribution in [0, 0.1) is 11.3 Å². The van der Waals surface area contributed by atoms with Crippen LogP contribution < -0.4 is 21.3 Å². The number of aryl methyl sites for hydroxylation is 1. The third kappa shape index (κ3) is 3.67. The molecule has 1 atom stereocenters. The number of fused-ring (bicyclic) bond motifs is 1. The minimum absolute atomic E-state index is 0.495. The van der Waals surface area contributed by atoms with Gasteiger partial charge in [-0.15, -0.1) is 0 Å². The van der Waals surface area contributed by atoms with Gasteiger partial charge in [0, 0.05) is 36.1 Å². The van der Waals surface area contributed by atoms with E-state index in [4.69, 9.17) is 21.0 Å².